The third kappa shape index (κ3) is 3.00. The minimum atomic E-state index is -0.138. The second-order valence-corrected chi connectivity index (χ2v) is 6.97. The summed E-state index contributed by atoms with van der Waals surface area (Å²) in [7, 11) is 0. The molecule has 4 atom stereocenters. The Morgan fingerprint density at radius 3 is 2.32 bits per heavy atom. The van der Waals surface area contributed by atoms with Crippen molar-refractivity contribution in [2.45, 2.75) is 83.8 Å². The minimum absolute atomic E-state index is 0.00588. The van der Waals surface area contributed by atoms with Crippen molar-refractivity contribution in [3.63, 3.8) is 0 Å². The first-order valence-electron chi connectivity index (χ1n) is 8.56. The molecule has 2 nitrogen and oxygen atoms in total. The molecule has 2 heteroatoms. The van der Waals surface area contributed by atoms with Crippen LogP contribution in [0.3, 0.4) is 0 Å². The zero-order chi connectivity index (χ0) is 13.9. The van der Waals surface area contributed by atoms with Crippen LogP contribution in [0.1, 0.15) is 72.1 Å². The summed E-state index contributed by atoms with van der Waals surface area (Å²) in [4.78, 5) is 2.57. The van der Waals surface area contributed by atoms with Crippen molar-refractivity contribution in [2.75, 3.05) is 13.1 Å². The Hall–Kier alpha value is -0.0800. The molecule has 4 unspecified atom stereocenters. The van der Waals surface area contributed by atoms with Crippen molar-refractivity contribution in [2.24, 2.45) is 11.8 Å². The van der Waals surface area contributed by atoms with E-state index in [9.17, 15) is 5.11 Å². The Morgan fingerprint density at radius 2 is 1.74 bits per heavy atom. The summed E-state index contributed by atoms with van der Waals surface area (Å²) in [5.74, 6) is 1.28. The SMILES string of the molecule is CCC1CCCCC1C(O)C(C)(CC)N1CCCC1. The predicted molar refractivity (Wildman–Crippen MR) is 81.2 cm³/mol. The van der Waals surface area contributed by atoms with Gasteiger partial charge in [-0.1, -0.05) is 39.5 Å². The van der Waals surface area contributed by atoms with Gasteiger partial charge in [0.15, 0.2) is 0 Å². The Kier molecular flexibility index (Phi) is 5.30. The maximum atomic E-state index is 11.1. The van der Waals surface area contributed by atoms with E-state index in [2.05, 4.69) is 25.7 Å². The van der Waals surface area contributed by atoms with Gasteiger partial charge in [-0.15, -0.1) is 0 Å². The molecule has 2 fully saturated rings. The van der Waals surface area contributed by atoms with Gasteiger partial charge in [-0.2, -0.15) is 0 Å². The molecule has 1 saturated heterocycles. The Bertz CT molecular complexity index is 274. The molecule has 1 N–H and O–H groups in total. The van der Waals surface area contributed by atoms with Crippen LogP contribution in [-0.2, 0) is 0 Å². The fourth-order valence-corrected chi connectivity index (χ4v) is 4.47. The van der Waals surface area contributed by atoms with E-state index < -0.39 is 0 Å². The third-order valence-corrected chi connectivity index (χ3v) is 6.08. The van der Waals surface area contributed by atoms with Crippen molar-refractivity contribution in [3.05, 3.63) is 0 Å². The first-order chi connectivity index (χ1) is 9.13. The van der Waals surface area contributed by atoms with E-state index >= 15 is 0 Å². The molecule has 19 heavy (non-hydrogen) atoms. The molecule has 0 aromatic rings. The third-order valence-electron chi connectivity index (χ3n) is 6.08. The minimum Gasteiger partial charge on any atom is -0.391 e. The lowest BCUT2D eigenvalue weighted by Gasteiger charge is -2.48. The molecule has 1 heterocycles. The van der Waals surface area contributed by atoms with Crippen LogP contribution in [0, 0.1) is 11.8 Å². The van der Waals surface area contributed by atoms with Gasteiger partial charge in [-0.3, -0.25) is 4.90 Å². The standard InChI is InChI=1S/C17H33NO/c1-4-14-10-6-7-11-15(14)16(19)17(3,5-2)18-12-8-9-13-18/h14-16,19H,4-13H2,1-3H3. The monoisotopic (exact) mass is 267 g/mol. The average Bonchev–Trinajstić information content (AvgIpc) is 3.00. The number of hydrogen-bond acceptors (Lipinski definition) is 2. The summed E-state index contributed by atoms with van der Waals surface area (Å²) in [6, 6.07) is 0. The van der Waals surface area contributed by atoms with Crippen molar-refractivity contribution in [1.82, 2.24) is 4.90 Å². The van der Waals surface area contributed by atoms with Gasteiger partial charge in [-0.25, -0.2) is 0 Å². The van der Waals surface area contributed by atoms with E-state index in [1.165, 1.54) is 58.0 Å². The van der Waals surface area contributed by atoms with Gasteiger partial charge in [0.1, 0.15) is 0 Å². The number of aliphatic hydroxyl groups excluding tert-OH is 1. The normalized spacial score (nSPS) is 34.1. The molecular weight excluding hydrogens is 234 g/mol. The highest BCUT2D eigenvalue weighted by Crippen LogP contribution is 2.41. The van der Waals surface area contributed by atoms with Crippen LogP contribution in [0.25, 0.3) is 0 Å². The van der Waals surface area contributed by atoms with Gasteiger partial charge in [0.2, 0.25) is 0 Å². The first-order valence-corrected chi connectivity index (χ1v) is 8.56. The molecule has 2 rings (SSSR count). The highest BCUT2D eigenvalue weighted by molar-refractivity contribution is 4.98. The van der Waals surface area contributed by atoms with Crippen LogP contribution in [0.2, 0.25) is 0 Å². The number of rotatable bonds is 5. The quantitative estimate of drug-likeness (QED) is 0.818. The molecule has 2 aliphatic rings. The first kappa shape index (κ1) is 15.3. The highest BCUT2D eigenvalue weighted by atomic mass is 16.3. The van der Waals surface area contributed by atoms with E-state index in [0.717, 1.165) is 12.3 Å². The maximum absolute atomic E-state index is 11.1. The van der Waals surface area contributed by atoms with Crippen LogP contribution in [0.5, 0.6) is 0 Å². The molecule has 0 aromatic carbocycles. The average molecular weight is 267 g/mol. The molecular formula is C17H33NO. The van der Waals surface area contributed by atoms with Crippen molar-refractivity contribution >= 4 is 0 Å². The van der Waals surface area contributed by atoms with E-state index in [0.29, 0.717) is 5.92 Å². The second kappa shape index (κ2) is 6.58. The summed E-state index contributed by atoms with van der Waals surface area (Å²) in [6.45, 7) is 9.24. The van der Waals surface area contributed by atoms with Gasteiger partial charge < -0.3 is 5.11 Å². The van der Waals surface area contributed by atoms with E-state index in [1.54, 1.807) is 0 Å². The maximum Gasteiger partial charge on any atom is 0.0751 e. The van der Waals surface area contributed by atoms with Crippen molar-refractivity contribution in [1.29, 1.82) is 0 Å². The van der Waals surface area contributed by atoms with Gasteiger partial charge in [0, 0.05) is 5.54 Å². The Balaban J connectivity index is 2.11. The van der Waals surface area contributed by atoms with E-state index in [1.807, 2.05) is 0 Å². The second-order valence-electron chi connectivity index (χ2n) is 6.97. The van der Waals surface area contributed by atoms with Crippen LogP contribution < -0.4 is 0 Å². The van der Waals surface area contributed by atoms with Crippen molar-refractivity contribution < 1.29 is 5.11 Å². The molecule has 0 amide bonds. The molecule has 1 aliphatic carbocycles. The number of nitrogens with zero attached hydrogens (tertiary/aromatic N) is 1. The van der Waals surface area contributed by atoms with Gasteiger partial charge in [0.05, 0.1) is 6.10 Å². The zero-order valence-electron chi connectivity index (χ0n) is 13.2. The summed E-state index contributed by atoms with van der Waals surface area (Å²) < 4.78 is 0. The van der Waals surface area contributed by atoms with Crippen LogP contribution in [0.15, 0.2) is 0 Å². The fraction of sp³-hybridized carbons (Fsp3) is 1.00. The molecule has 0 aromatic heterocycles. The molecule has 1 saturated carbocycles. The summed E-state index contributed by atoms with van der Waals surface area (Å²) in [5.41, 5.74) is 0.00588. The topological polar surface area (TPSA) is 23.5 Å². The molecule has 0 spiro atoms. The number of hydrogen-bond donors (Lipinski definition) is 1. The zero-order valence-corrected chi connectivity index (χ0v) is 13.2. The summed E-state index contributed by atoms with van der Waals surface area (Å²) in [5, 5.41) is 11.1. The number of aliphatic hydroxyl groups is 1. The molecule has 0 radical (unpaired) electrons. The Labute approximate surface area is 119 Å². The largest absolute Gasteiger partial charge is 0.391 e. The summed E-state index contributed by atoms with van der Waals surface area (Å²) in [6.07, 6.45) is 10.0. The smallest absolute Gasteiger partial charge is 0.0751 e. The predicted octanol–water partition coefficient (Wildman–Crippen LogP) is 3.83. The lowest BCUT2D eigenvalue weighted by molar-refractivity contribution is -0.0698. The Morgan fingerprint density at radius 1 is 1.11 bits per heavy atom. The van der Waals surface area contributed by atoms with Crippen molar-refractivity contribution in [3.8, 4) is 0 Å². The van der Waals surface area contributed by atoms with Crippen LogP contribution in [0.4, 0.5) is 0 Å². The van der Waals surface area contributed by atoms with Crippen LogP contribution >= 0.6 is 0 Å². The van der Waals surface area contributed by atoms with Gasteiger partial charge >= 0.3 is 0 Å². The lowest BCUT2D eigenvalue weighted by atomic mass is 9.69. The van der Waals surface area contributed by atoms with E-state index in [4.69, 9.17) is 0 Å². The fourth-order valence-electron chi connectivity index (χ4n) is 4.47. The lowest BCUT2D eigenvalue weighted by Crippen LogP contribution is -2.57. The molecule has 1 aliphatic heterocycles. The van der Waals surface area contributed by atoms with Gasteiger partial charge in [-0.05, 0) is 57.5 Å². The number of likely N-dealkylation sites (tertiary alicyclic amines) is 1. The highest BCUT2D eigenvalue weighted by Gasteiger charge is 2.44. The molecule has 112 valence electrons. The summed E-state index contributed by atoms with van der Waals surface area (Å²) >= 11 is 0. The molecule has 0 bridgehead atoms. The van der Waals surface area contributed by atoms with Crippen LogP contribution in [-0.4, -0.2) is 34.7 Å². The van der Waals surface area contributed by atoms with Gasteiger partial charge in [0.25, 0.3) is 0 Å². The van der Waals surface area contributed by atoms with E-state index in [-0.39, 0.29) is 11.6 Å².